The number of hydrogen-bond acceptors (Lipinski definition) is 1. The first-order valence-corrected chi connectivity index (χ1v) is 2.82. The molecule has 0 aliphatic carbocycles. The summed E-state index contributed by atoms with van der Waals surface area (Å²) >= 11 is 0. The zero-order chi connectivity index (χ0) is 7.44. The summed E-state index contributed by atoms with van der Waals surface area (Å²) in [6, 6.07) is 0. The van der Waals surface area contributed by atoms with Crippen LogP contribution >= 0.6 is 0 Å². The summed E-state index contributed by atoms with van der Waals surface area (Å²) in [5.41, 5.74) is 7.98. The Balaban J connectivity index is 4.17. The zero-order valence-electron chi connectivity index (χ0n) is 6.07. The Kier molecular flexibility index (Phi) is 2.79. The van der Waals surface area contributed by atoms with Gasteiger partial charge in [-0.15, -0.1) is 0 Å². The topological polar surface area (TPSA) is 26.0 Å². The molecule has 9 heavy (non-hydrogen) atoms. The predicted molar refractivity (Wildman–Crippen MR) is 41.9 cm³/mol. The molecule has 0 aliphatic heterocycles. The van der Waals surface area contributed by atoms with E-state index in [4.69, 9.17) is 5.73 Å². The summed E-state index contributed by atoms with van der Waals surface area (Å²) in [4.78, 5) is 0. The largest absolute Gasteiger partial charge is 0.399 e. The molecule has 2 N–H and O–H groups in total. The molecule has 50 valence electrons. The van der Waals surface area contributed by atoms with Gasteiger partial charge in [-0.3, -0.25) is 0 Å². The maximum absolute atomic E-state index is 5.38. The van der Waals surface area contributed by atoms with E-state index in [9.17, 15) is 0 Å². The first kappa shape index (κ1) is 8.02. The van der Waals surface area contributed by atoms with Gasteiger partial charge < -0.3 is 5.73 Å². The van der Waals surface area contributed by atoms with Gasteiger partial charge in [-0.05, 0) is 19.4 Å². The molecule has 0 saturated carbocycles. The van der Waals surface area contributed by atoms with E-state index in [1.54, 1.807) is 0 Å². The van der Waals surface area contributed by atoms with Crippen LogP contribution in [0.15, 0.2) is 36.1 Å². The standard InChI is InChI=1S/C8H13N/c1-6(2)5-7(3)8(4)9/h5H,1,4,9H2,2-3H3/b7-5+. The Morgan fingerprint density at radius 2 is 1.78 bits per heavy atom. The highest BCUT2D eigenvalue weighted by Crippen LogP contribution is 2.02. The molecule has 0 heterocycles. The molecule has 0 amide bonds. The lowest BCUT2D eigenvalue weighted by Crippen LogP contribution is -1.95. The molecule has 0 aromatic carbocycles. The van der Waals surface area contributed by atoms with Crippen LogP contribution in [0.2, 0.25) is 0 Å². The smallest absolute Gasteiger partial charge is 0.0270 e. The Bertz CT molecular complexity index is 163. The Morgan fingerprint density at radius 3 is 1.89 bits per heavy atom. The van der Waals surface area contributed by atoms with E-state index in [-0.39, 0.29) is 0 Å². The maximum atomic E-state index is 5.38. The summed E-state index contributed by atoms with van der Waals surface area (Å²) in [6.07, 6.45) is 1.91. The maximum Gasteiger partial charge on any atom is 0.0270 e. The van der Waals surface area contributed by atoms with Crippen molar-refractivity contribution in [3.8, 4) is 0 Å². The zero-order valence-corrected chi connectivity index (χ0v) is 6.07. The molecule has 0 rings (SSSR count). The minimum Gasteiger partial charge on any atom is -0.399 e. The first-order chi connectivity index (χ1) is 4.04. The number of hydrogen-bond donors (Lipinski definition) is 1. The van der Waals surface area contributed by atoms with Gasteiger partial charge in [0.2, 0.25) is 0 Å². The number of rotatable bonds is 2. The van der Waals surface area contributed by atoms with Crippen LogP contribution in [0.1, 0.15) is 13.8 Å². The van der Waals surface area contributed by atoms with Crippen molar-refractivity contribution < 1.29 is 0 Å². The van der Waals surface area contributed by atoms with E-state index in [2.05, 4.69) is 13.2 Å². The van der Waals surface area contributed by atoms with E-state index in [0.29, 0.717) is 5.70 Å². The van der Waals surface area contributed by atoms with E-state index in [0.717, 1.165) is 11.1 Å². The first-order valence-electron chi connectivity index (χ1n) is 2.82. The third kappa shape index (κ3) is 3.59. The Hall–Kier alpha value is -0.980. The molecule has 0 bridgehead atoms. The van der Waals surface area contributed by atoms with Crippen LogP contribution < -0.4 is 5.73 Å². The summed E-state index contributed by atoms with van der Waals surface area (Å²) in [7, 11) is 0. The Labute approximate surface area is 56.6 Å². The van der Waals surface area contributed by atoms with Crippen LogP contribution in [0.4, 0.5) is 0 Å². The molecule has 0 radical (unpaired) electrons. The highest BCUT2D eigenvalue weighted by Gasteiger charge is 1.87. The van der Waals surface area contributed by atoms with Gasteiger partial charge in [0.05, 0.1) is 0 Å². The lowest BCUT2D eigenvalue weighted by molar-refractivity contribution is 1.29. The quantitative estimate of drug-likeness (QED) is 0.558. The van der Waals surface area contributed by atoms with Crippen LogP contribution in [0, 0.1) is 0 Å². The van der Waals surface area contributed by atoms with E-state index in [1.807, 2.05) is 19.9 Å². The highest BCUT2D eigenvalue weighted by atomic mass is 14.6. The van der Waals surface area contributed by atoms with Crippen molar-refractivity contribution in [3.05, 3.63) is 36.1 Å². The van der Waals surface area contributed by atoms with Gasteiger partial charge in [0.25, 0.3) is 0 Å². The van der Waals surface area contributed by atoms with Crippen molar-refractivity contribution >= 4 is 0 Å². The van der Waals surface area contributed by atoms with Crippen molar-refractivity contribution in [2.45, 2.75) is 13.8 Å². The number of nitrogens with two attached hydrogens (primary N) is 1. The molecule has 0 unspecified atom stereocenters. The normalized spacial score (nSPS) is 11.1. The lowest BCUT2D eigenvalue weighted by atomic mass is 10.2. The molecule has 0 aromatic heterocycles. The minimum atomic E-state index is 0.609. The molecule has 1 nitrogen and oxygen atoms in total. The highest BCUT2D eigenvalue weighted by molar-refractivity contribution is 5.29. The summed E-state index contributed by atoms with van der Waals surface area (Å²) < 4.78 is 0. The fraction of sp³-hybridized carbons (Fsp3) is 0.250. The van der Waals surface area contributed by atoms with Gasteiger partial charge in [0.1, 0.15) is 0 Å². The van der Waals surface area contributed by atoms with Crippen LogP contribution in [-0.4, -0.2) is 0 Å². The lowest BCUT2D eigenvalue weighted by Gasteiger charge is -1.96. The number of allylic oxidation sites excluding steroid dienone is 3. The summed E-state index contributed by atoms with van der Waals surface area (Å²) in [6.45, 7) is 11.1. The van der Waals surface area contributed by atoms with Crippen molar-refractivity contribution in [1.82, 2.24) is 0 Å². The summed E-state index contributed by atoms with van der Waals surface area (Å²) in [5, 5.41) is 0. The van der Waals surface area contributed by atoms with Crippen molar-refractivity contribution in [3.63, 3.8) is 0 Å². The molecule has 0 spiro atoms. The van der Waals surface area contributed by atoms with E-state index in [1.165, 1.54) is 0 Å². The fourth-order valence-electron chi connectivity index (χ4n) is 0.462. The van der Waals surface area contributed by atoms with Gasteiger partial charge in [0, 0.05) is 5.70 Å². The second kappa shape index (κ2) is 3.13. The van der Waals surface area contributed by atoms with E-state index < -0.39 is 0 Å². The third-order valence-corrected chi connectivity index (χ3v) is 0.969. The van der Waals surface area contributed by atoms with E-state index >= 15 is 0 Å². The molecule has 0 aromatic rings. The van der Waals surface area contributed by atoms with Gasteiger partial charge in [-0.2, -0.15) is 0 Å². The molecule has 0 saturated heterocycles. The van der Waals surface area contributed by atoms with Gasteiger partial charge in [-0.25, -0.2) is 0 Å². The monoisotopic (exact) mass is 123 g/mol. The van der Waals surface area contributed by atoms with Gasteiger partial charge in [0.15, 0.2) is 0 Å². The summed E-state index contributed by atoms with van der Waals surface area (Å²) in [5.74, 6) is 0. The molecule has 0 atom stereocenters. The van der Waals surface area contributed by atoms with Crippen molar-refractivity contribution in [2.75, 3.05) is 0 Å². The molecule has 1 heteroatoms. The second-order valence-electron chi connectivity index (χ2n) is 2.20. The van der Waals surface area contributed by atoms with Crippen LogP contribution in [0.3, 0.4) is 0 Å². The Morgan fingerprint density at radius 1 is 1.33 bits per heavy atom. The molecular formula is C8H13N. The van der Waals surface area contributed by atoms with Crippen molar-refractivity contribution in [1.29, 1.82) is 0 Å². The van der Waals surface area contributed by atoms with Crippen LogP contribution in [0.25, 0.3) is 0 Å². The van der Waals surface area contributed by atoms with Crippen LogP contribution in [0.5, 0.6) is 0 Å². The van der Waals surface area contributed by atoms with Gasteiger partial charge >= 0.3 is 0 Å². The molecular weight excluding hydrogens is 110 g/mol. The average Bonchev–Trinajstić information content (AvgIpc) is 1.63. The fourth-order valence-corrected chi connectivity index (χ4v) is 0.462. The van der Waals surface area contributed by atoms with Crippen molar-refractivity contribution in [2.24, 2.45) is 5.73 Å². The molecule has 0 aliphatic rings. The average molecular weight is 123 g/mol. The predicted octanol–water partition coefficient (Wildman–Crippen LogP) is 1.98. The SMILES string of the molecule is C=C(C)/C=C(\C)C(=C)N. The third-order valence-electron chi connectivity index (χ3n) is 0.969. The minimum absolute atomic E-state index is 0.609. The van der Waals surface area contributed by atoms with Crippen LogP contribution in [-0.2, 0) is 0 Å². The molecule has 0 fully saturated rings. The van der Waals surface area contributed by atoms with Gasteiger partial charge in [-0.1, -0.05) is 24.8 Å². The second-order valence-corrected chi connectivity index (χ2v) is 2.20.